The Morgan fingerprint density at radius 3 is 2.48 bits per heavy atom. The Morgan fingerprint density at radius 1 is 0.957 bits per heavy atom. The lowest BCUT2D eigenvalue weighted by Crippen LogP contribution is -2.54. The van der Waals surface area contributed by atoms with Gasteiger partial charge in [0.2, 0.25) is 0 Å². The number of nitrogens with zero attached hydrogens (tertiary/aromatic N) is 3. The van der Waals surface area contributed by atoms with Gasteiger partial charge in [-0.2, -0.15) is 0 Å². The van der Waals surface area contributed by atoms with Crippen LogP contribution in [-0.4, -0.2) is 17.3 Å². The van der Waals surface area contributed by atoms with Crippen LogP contribution in [0, 0.1) is 34.5 Å². The molecule has 1 N–H and O–H groups in total. The number of hydrogen-bond donors (Lipinski definition) is 1. The van der Waals surface area contributed by atoms with E-state index in [4.69, 9.17) is 5.53 Å². The molecule has 0 aliphatic heterocycles. The first-order valence-corrected chi connectivity index (χ1v) is 9.71. The predicted molar refractivity (Wildman–Crippen MR) is 90.7 cm³/mol. The standard InChI is InChI=1S/C19H31N3O/c1-18-9-7-13(21-22-20)11-12(18)3-4-14-15-5-6-17(23)19(15,2)10-8-16(14)18/h12-17,23H,3-11H2,1-2H3/t12-,13+,14-,15+,16+,17+,18-,19-/m0/s1. The van der Waals surface area contributed by atoms with E-state index in [1.54, 1.807) is 0 Å². The van der Waals surface area contributed by atoms with E-state index in [1.165, 1.54) is 38.5 Å². The molecule has 8 atom stereocenters. The molecule has 4 nitrogen and oxygen atoms in total. The lowest BCUT2D eigenvalue weighted by atomic mass is 9.45. The summed E-state index contributed by atoms with van der Waals surface area (Å²) in [5.74, 6) is 3.13. The fraction of sp³-hybridized carbons (Fsp3) is 1.00. The highest BCUT2D eigenvalue weighted by atomic mass is 16.3. The molecule has 0 amide bonds. The van der Waals surface area contributed by atoms with Crippen molar-refractivity contribution in [2.24, 2.45) is 39.6 Å². The molecule has 128 valence electrons. The molecule has 4 aliphatic rings. The van der Waals surface area contributed by atoms with Gasteiger partial charge >= 0.3 is 0 Å². The van der Waals surface area contributed by atoms with Gasteiger partial charge in [0, 0.05) is 11.0 Å². The highest BCUT2D eigenvalue weighted by Crippen LogP contribution is 2.66. The molecule has 0 bridgehead atoms. The summed E-state index contributed by atoms with van der Waals surface area (Å²) in [4.78, 5) is 3.06. The first-order chi connectivity index (χ1) is 11.0. The molecule has 4 rings (SSSR count). The average molecular weight is 317 g/mol. The van der Waals surface area contributed by atoms with Crippen LogP contribution in [0.25, 0.3) is 10.4 Å². The minimum Gasteiger partial charge on any atom is -0.393 e. The van der Waals surface area contributed by atoms with Gasteiger partial charge < -0.3 is 5.11 Å². The second kappa shape index (κ2) is 5.39. The predicted octanol–water partition coefficient (Wildman–Crippen LogP) is 5.07. The monoisotopic (exact) mass is 317 g/mol. The Morgan fingerprint density at radius 2 is 1.70 bits per heavy atom. The molecule has 23 heavy (non-hydrogen) atoms. The number of azide groups is 1. The van der Waals surface area contributed by atoms with Crippen molar-refractivity contribution in [3.63, 3.8) is 0 Å². The SMILES string of the molecule is C[C@]12CC[C@@H](N=[N+]=[N-])C[C@@H]1CC[C@@H]1[C@H]2CC[C@]2(C)[C@H](O)CC[C@H]12. The molecule has 0 aromatic rings. The summed E-state index contributed by atoms with van der Waals surface area (Å²) >= 11 is 0. The zero-order valence-corrected chi connectivity index (χ0v) is 14.6. The molecule has 0 heterocycles. The van der Waals surface area contributed by atoms with Crippen LogP contribution in [0.4, 0.5) is 0 Å². The Hall–Kier alpha value is -0.730. The number of rotatable bonds is 1. The summed E-state index contributed by atoms with van der Waals surface area (Å²) in [6.45, 7) is 4.90. The maximum Gasteiger partial charge on any atom is 0.0596 e. The normalized spacial score (nSPS) is 55.3. The first kappa shape index (κ1) is 15.8. The average Bonchev–Trinajstić information content (AvgIpc) is 2.84. The molecule has 0 saturated heterocycles. The van der Waals surface area contributed by atoms with Crippen molar-refractivity contribution in [3.8, 4) is 0 Å². The second-order valence-electron chi connectivity index (χ2n) is 9.43. The van der Waals surface area contributed by atoms with E-state index in [9.17, 15) is 5.11 Å². The highest BCUT2D eigenvalue weighted by Gasteiger charge is 2.59. The fourth-order valence-electron chi connectivity index (χ4n) is 7.39. The molecular weight excluding hydrogens is 286 g/mol. The third kappa shape index (κ3) is 2.17. The molecule has 4 fully saturated rings. The summed E-state index contributed by atoms with van der Waals surface area (Å²) in [5, 5.41) is 14.5. The highest BCUT2D eigenvalue weighted by molar-refractivity contribution is 5.09. The van der Waals surface area contributed by atoms with Crippen molar-refractivity contribution in [2.45, 2.75) is 83.8 Å². The van der Waals surface area contributed by atoms with Gasteiger partial charge in [0.1, 0.15) is 0 Å². The summed E-state index contributed by atoms with van der Waals surface area (Å²) in [6, 6.07) is 0.233. The molecule has 4 heteroatoms. The zero-order chi connectivity index (χ0) is 16.2. The van der Waals surface area contributed by atoms with Crippen LogP contribution in [0.5, 0.6) is 0 Å². The van der Waals surface area contributed by atoms with E-state index in [2.05, 4.69) is 23.9 Å². The van der Waals surface area contributed by atoms with Crippen LogP contribution in [-0.2, 0) is 0 Å². The Balaban J connectivity index is 1.58. The molecule has 0 unspecified atom stereocenters. The van der Waals surface area contributed by atoms with Gasteiger partial charge in [-0.1, -0.05) is 19.0 Å². The van der Waals surface area contributed by atoms with Crippen LogP contribution in [0.2, 0.25) is 0 Å². The molecule has 0 aromatic carbocycles. The molecule has 0 aromatic heterocycles. The van der Waals surface area contributed by atoms with Crippen LogP contribution < -0.4 is 0 Å². The molecule has 0 spiro atoms. The number of fused-ring (bicyclic) bond motifs is 5. The number of hydrogen-bond acceptors (Lipinski definition) is 2. The van der Waals surface area contributed by atoms with Gasteiger partial charge in [0.25, 0.3) is 0 Å². The third-order valence-electron chi connectivity index (χ3n) is 8.80. The van der Waals surface area contributed by atoms with Crippen LogP contribution in [0.1, 0.15) is 71.6 Å². The van der Waals surface area contributed by atoms with Gasteiger partial charge in [0.05, 0.1) is 6.10 Å². The van der Waals surface area contributed by atoms with E-state index in [0.717, 1.165) is 42.9 Å². The van der Waals surface area contributed by atoms with E-state index in [1.807, 2.05) is 0 Å². The Kier molecular flexibility index (Phi) is 3.70. The maximum atomic E-state index is 10.5. The zero-order valence-electron chi connectivity index (χ0n) is 14.6. The van der Waals surface area contributed by atoms with Crippen molar-refractivity contribution in [2.75, 3.05) is 0 Å². The quantitative estimate of drug-likeness (QED) is 0.409. The number of aliphatic hydroxyl groups excluding tert-OH is 1. The topological polar surface area (TPSA) is 69.0 Å². The Labute approximate surface area is 139 Å². The lowest BCUT2D eigenvalue weighted by molar-refractivity contribution is -0.122. The van der Waals surface area contributed by atoms with Crippen LogP contribution >= 0.6 is 0 Å². The molecule has 4 aliphatic carbocycles. The van der Waals surface area contributed by atoms with E-state index in [-0.39, 0.29) is 17.6 Å². The fourth-order valence-corrected chi connectivity index (χ4v) is 7.39. The van der Waals surface area contributed by atoms with Gasteiger partial charge in [-0.15, -0.1) is 0 Å². The van der Waals surface area contributed by atoms with Crippen LogP contribution in [0.15, 0.2) is 5.11 Å². The van der Waals surface area contributed by atoms with Crippen molar-refractivity contribution in [1.29, 1.82) is 0 Å². The molecule has 0 radical (unpaired) electrons. The van der Waals surface area contributed by atoms with E-state index >= 15 is 0 Å². The van der Waals surface area contributed by atoms with Crippen molar-refractivity contribution < 1.29 is 5.11 Å². The molecule has 4 saturated carbocycles. The lowest BCUT2D eigenvalue weighted by Gasteiger charge is -2.60. The van der Waals surface area contributed by atoms with E-state index < -0.39 is 0 Å². The van der Waals surface area contributed by atoms with Crippen molar-refractivity contribution in [1.82, 2.24) is 0 Å². The van der Waals surface area contributed by atoms with Gasteiger partial charge in [-0.25, -0.2) is 0 Å². The van der Waals surface area contributed by atoms with E-state index in [0.29, 0.717) is 5.41 Å². The van der Waals surface area contributed by atoms with Crippen molar-refractivity contribution >= 4 is 0 Å². The van der Waals surface area contributed by atoms with Crippen molar-refractivity contribution in [3.05, 3.63) is 10.4 Å². The molecular formula is C19H31N3O. The van der Waals surface area contributed by atoms with Gasteiger partial charge in [0.15, 0.2) is 0 Å². The third-order valence-corrected chi connectivity index (χ3v) is 8.80. The summed E-state index contributed by atoms with van der Waals surface area (Å²) in [7, 11) is 0. The maximum absolute atomic E-state index is 10.5. The Bertz CT molecular complexity index is 531. The summed E-state index contributed by atoms with van der Waals surface area (Å²) in [5.41, 5.74) is 9.39. The second-order valence-corrected chi connectivity index (χ2v) is 9.43. The summed E-state index contributed by atoms with van der Waals surface area (Å²) in [6.07, 6.45) is 10.7. The largest absolute Gasteiger partial charge is 0.393 e. The van der Waals surface area contributed by atoms with Gasteiger partial charge in [-0.3, -0.25) is 0 Å². The smallest absolute Gasteiger partial charge is 0.0596 e. The number of aliphatic hydroxyl groups is 1. The minimum absolute atomic E-state index is 0.0697. The minimum atomic E-state index is -0.0697. The first-order valence-electron chi connectivity index (χ1n) is 9.71. The van der Waals surface area contributed by atoms with Crippen LogP contribution in [0.3, 0.4) is 0 Å². The summed E-state index contributed by atoms with van der Waals surface area (Å²) < 4.78 is 0. The van der Waals surface area contributed by atoms with Gasteiger partial charge in [-0.05, 0) is 97.8 Å².